The van der Waals surface area contributed by atoms with Crippen LogP contribution in [0.3, 0.4) is 0 Å². The van der Waals surface area contributed by atoms with Crippen LogP contribution in [-0.2, 0) is 14.3 Å². The van der Waals surface area contributed by atoms with E-state index < -0.39 is 11.5 Å². The molecule has 4 nitrogen and oxygen atoms in total. The number of Topliss-reactive ketones (excluding diaryl/α,β-unsaturated/α-hetero) is 2. The zero-order valence-electron chi connectivity index (χ0n) is 14.0. The third-order valence-electron chi connectivity index (χ3n) is 7.73. The van der Waals surface area contributed by atoms with E-state index in [2.05, 4.69) is 6.92 Å². The summed E-state index contributed by atoms with van der Waals surface area (Å²) in [5.41, 5.74) is 0.586. The van der Waals surface area contributed by atoms with E-state index in [1.165, 1.54) is 0 Å². The van der Waals surface area contributed by atoms with Crippen molar-refractivity contribution in [3.8, 4) is 0 Å². The van der Waals surface area contributed by atoms with Gasteiger partial charge in [0.15, 0.2) is 5.78 Å². The summed E-state index contributed by atoms with van der Waals surface area (Å²) in [5.74, 6) is 0.129. The first-order valence-corrected chi connectivity index (χ1v) is 8.85. The Bertz CT molecular complexity index is 689. The molecule has 0 aromatic carbocycles. The molecule has 1 N–H and O–H groups in total. The Morgan fingerprint density at radius 2 is 1.91 bits per heavy atom. The molecule has 1 spiro atoms. The van der Waals surface area contributed by atoms with Crippen LogP contribution in [-0.4, -0.2) is 35.0 Å². The van der Waals surface area contributed by atoms with Crippen LogP contribution in [0.5, 0.6) is 0 Å². The first-order chi connectivity index (χ1) is 10.7. The fourth-order valence-electron chi connectivity index (χ4n) is 6.58. The maximum absolute atomic E-state index is 13.3. The van der Waals surface area contributed by atoms with Gasteiger partial charge in [0, 0.05) is 28.7 Å². The minimum Gasteiger partial charge on any atom is -0.389 e. The van der Waals surface area contributed by atoms with Gasteiger partial charge >= 0.3 is 0 Å². The molecule has 124 valence electrons. The van der Waals surface area contributed by atoms with Crippen LogP contribution in [0.1, 0.15) is 52.9 Å². The third-order valence-corrected chi connectivity index (χ3v) is 7.73. The largest absolute Gasteiger partial charge is 0.389 e. The third kappa shape index (κ3) is 1.46. The Morgan fingerprint density at radius 1 is 1.17 bits per heavy atom. The van der Waals surface area contributed by atoms with Gasteiger partial charge in [0.25, 0.3) is 0 Å². The number of hydrogen-bond donors (Lipinski definition) is 1. The predicted octanol–water partition coefficient (Wildman–Crippen LogP) is 2.19. The smallest absolute Gasteiger partial charge is 0.163 e. The van der Waals surface area contributed by atoms with Crippen molar-refractivity contribution in [2.75, 3.05) is 0 Å². The van der Waals surface area contributed by atoms with Gasteiger partial charge in [0.05, 0.1) is 18.3 Å². The zero-order chi connectivity index (χ0) is 16.4. The van der Waals surface area contributed by atoms with Gasteiger partial charge in [0.2, 0.25) is 0 Å². The Hall–Kier alpha value is -1.00. The van der Waals surface area contributed by atoms with Crippen molar-refractivity contribution in [3.63, 3.8) is 0 Å². The van der Waals surface area contributed by atoms with Crippen molar-refractivity contribution >= 4 is 11.6 Å². The summed E-state index contributed by atoms with van der Waals surface area (Å²) in [6, 6.07) is 0. The maximum atomic E-state index is 13.3. The highest BCUT2D eigenvalue weighted by atomic mass is 16.6. The lowest BCUT2D eigenvalue weighted by atomic mass is 9.59. The number of aliphatic hydroxyl groups is 1. The number of aliphatic hydroxyl groups excluding tert-OH is 1. The summed E-state index contributed by atoms with van der Waals surface area (Å²) in [5, 5.41) is 11.0. The van der Waals surface area contributed by atoms with Crippen molar-refractivity contribution in [3.05, 3.63) is 11.1 Å². The molecular formula is C19H24O4. The molecule has 4 heteroatoms. The van der Waals surface area contributed by atoms with E-state index in [9.17, 15) is 14.7 Å². The number of epoxide rings is 1. The average Bonchev–Trinajstić information content (AvgIpc) is 3.19. The lowest BCUT2D eigenvalue weighted by Gasteiger charge is -2.45. The van der Waals surface area contributed by atoms with Crippen LogP contribution < -0.4 is 0 Å². The molecule has 4 aliphatic carbocycles. The first-order valence-electron chi connectivity index (χ1n) is 8.85. The summed E-state index contributed by atoms with van der Waals surface area (Å²) in [6.07, 6.45) is 3.38. The normalized spacial score (nSPS) is 52.9. The van der Waals surface area contributed by atoms with Crippen LogP contribution in [0.2, 0.25) is 0 Å². The molecule has 2 bridgehead atoms. The van der Waals surface area contributed by atoms with Crippen molar-refractivity contribution < 1.29 is 19.4 Å². The Labute approximate surface area is 136 Å². The minimum absolute atomic E-state index is 0.0680. The number of allylic oxidation sites excluding steroid dienone is 1. The van der Waals surface area contributed by atoms with Gasteiger partial charge in [-0.2, -0.15) is 0 Å². The van der Waals surface area contributed by atoms with E-state index in [1.807, 2.05) is 13.8 Å². The molecule has 0 aromatic rings. The number of fused-ring (bicyclic) bond motifs is 3. The van der Waals surface area contributed by atoms with Crippen LogP contribution >= 0.6 is 0 Å². The Balaban J connectivity index is 1.65. The molecule has 5 aliphatic rings. The molecule has 23 heavy (non-hydrogen) atoms. The first kappa shape index (κ1) is 14.4. The van der Waals surface area contributed by atoms with Crippen LogP contribution in [0.15, 0.2) is 11.1 Å². The molecule has 0 amide bonds. The second kappa shape index (κ2) is 3.80. The van der Waals surface area contributed by atoms with E-state index in [4.69, 9.17) is 4.74 Å². The van der Waals surface area contributed by atoms with Crippen molar-refractivity contribution in [2.24, 2.45) is 22.2 Å². The van der Waals surface area contributed by atoms with E-state index in [0.717, 1.165) is 19.3 Å². The standard InChI is InChI=1S/C19H24O4/c1-17(2)12(21)6-9-13(17)11(20)7-19-8-18(3,15-16(19)23-15)5-4-10(19)14(9)22/h10-11,15-16,20H,4-8H2,1-3H3/t10-,11+,15-,16+,18?,19+/m0/s1. The summed E-state index contributed by atoms with van der Waals surface area (Å²) in [7, 11) is 0. The fourth-order valence-corrected chi connectivity index (χ4v) is 6.58. The highest BCUT2D eigenvalue weighted by molar-refractivity contribution is 6.09. The van der Waals surface area contributed by atoms with Gasteiger partial charge in [-0.1, -0.05) is 6.92 Å². The number of ketones is 2. The lowest BCUT2D eigenvalue weighted by molar-refractivity contribution is -0.132. The molecule has 1 unspecified atom stereocenters. The Morgan fingerprint density at radius 3 is 2.65 bits per heavy atom. The molecule has 6 atom stereocenters. The monoisotopic (exact) mass is 316 g/mol. The number of hydrogen-bond acceptors (Lipinski definition) is 4. The SMILES string of the molecule is CC1(C)C(=O)CC2=C1[C@H](O)C[C@@]13CC(C)(CC[C@H]1C2=O)[C@H]1O[C@H]13. The maximum Gasteiger partial charge on any atom is 0.163 e. The zero-order valence-corrected chi connectivity index (χ0v) is 14.0. The van der Waals surface area contributed by atoms with E-state index in [1.54, 1.807) is 0 Å². The predicted molar refractivity (Wildman–Crippen MR) is 82.6 cm³/mol. The molecule has 5 rings (SSSR count). The Kier molecular flexibility index (Phi) is 2.37. The summed E-state index contributed by atoms with van der Waals surface area (Å²) in [4.78, 5) is 25.7. The molecule has 1 saturated heterocycles. The van der Waals surface area contributed by atoms with E-state index in [0.29, 0.717) is 17.6 Å². The number of carbonyl (C=O) groups excluding carboxylic acids is 2. The molecule has 2 saturated carbocycles. The second-order valence-electron chi connectivity index (χ2n) is 9.33. The van der Waals surface area contributed by atoms with Gasteiger partial charge in [-0.3, -0.25) is 9.59 Å². The average molecular weight is 316 g/mol. The van der Waals surface area contributed by atoms with Crippen molar-refractivity contribution in [1.82, 2.24) is 0 Å². The quantitative estimate of drug-likeness (QED) is 0.696. The second-order valence-corrected chi connectivity index (χ2v) is 9.33. The summed E-state index contributed by atoms with van der Waals surface area (Å²) < 4.78 is 5.98. The highest BCUT2D eigenvalue weighted by Crippen LogP contribution is 2.72. The molecule has 3 fully saturated rings. The van der Waals surface area contributed by atoms with Gasteiger partial charge in [-0.25, -0.2) is 0 Å². The van der Waals surface area contributed by atoms with Gasteiger partial charge < -0.3 is 9.84 Å². The summed E-state index contributed by atoms with van der Waals surface area (Å²) >= 11 is 0. The van der Waals surface area contributed by atoms with Gasteiger partial charge in [-0.05, 0) is 50.5 Å². The highest BCUT2D eigenvalue weighted by Gasteiger charge is 2.75. The molecule has 1 aliphatic heterocycles. The molecule has 0 radical (unpaired) electrons. The number of ether oxygens (including phenoxy) is 1. The number of carbonyl (C=O) groups is 2. The number of rotatable bonds is 0. The van der Waals surface area contributed by atoms with Crippen molar-refractivity contribution in [1.29, 1.82) is 0 Å². The van der Waals surface area contributed by atoms with Gasteiger partial charge in [0.1, 0.15) is 5.78 Å². The minimum atomic E-state index is -0.708. The van der Waals surface area contributed by atoms with Crippen LogP contribution in [0.25, 0.3) is 0 Å². The fraction of sp³-hybridized carbons (Fsp3) is 0.789. The van der Waals surface area contributed by atoms with Crippen LogP contribution in [0.4, 0.5) is 0 Å². The van der Waals surface area contributed by atoms with Crippen LogP contribution in [0, 0.1) is 22.2 Å². The van der Waals surface area contributed by atoms with Crippen molar-refractivity contribution in [2.45, 2.75) is 71.2 Å². The van der Waals surface area contributed by atoms with E-state index in [-0.39, 0.29) is 46.9 Å². The summed E-state index contributed by atoms with van der Waals surface area (Å²) in [6.45, 7) is 5.99. The van der Waals surface area contributed by atoms with Gasteiger partial charge in [-0.15, -0.1) is 0 Å². The molecular weight excluding hydrogens is 292 g/mol. The lowest BCUT2D eigenvalue weighted by Crippen LogP contribution is -2.45. The topological polar surface area (TPSA) is 66.9 Å². The molecule has 1 heterocycles. The van der Waals surface area contributed by atoms with E-state index >= 15 is 0 Å². The molecule has 0 aromatic heterocycles.